The molecule has 0 aliphatic rings. The van der Waals surface area contributed by atoms with E-state index in [4.69, 9.17) is 4.74 Å². The largest absolute Gasteiger partial charge is 0.496 e. The summed E-state index contributed by atoms with van der Waals surface area (Å²) < 4.78 is 6.06. The summed E-state index contributed by atoms with van der Waals surface area (Å²) in [6.45, 7) is 0. The monoisotopic (exact) mass is 264 g/mol. The summed E-state index contributed by atoms with van der Waals surface area (Å²) in [5, 5.41) is 1.98. The van der Waals surface area contributed by atoms with Crippen molar-refractivity contribution in [3.8, 4) is 5.75 Å². The van der Waals surface area contributed by atoms with E-state index >= 15 is 0 Å². The number of aldehydes is 1. The van der Waals surface area contributed by atoms with Crippen LogP contribution >= 0.6 is 15.9 Å². The number of hydrogen-bond donors (Lipinski definition) is 0. The molecular formula is C12H9BrO2. The maximum absolute atomic E-state index is 10.9. The topological polar surface area (TPSA) is 26.3 Å². The molecule has 0 aliphatic carbocycles. The second kappa shape index (κ2) is 4.03. The van der Waals surface area contributed by atoms with Gasteiger partial charge in [-0.25, -0.2) is 0 Å². The van der Waals surface area contributed by atoms with E-state index in [1.54, 1.807) is 13.2 Å². The molecule has 0 unspecified atom stereocenters. The van der Waals surface area contributed by atoms with Crippen LogP contribution in [0.4, 0.5) is 0 Å². The van der Waals surface area contributed by atoms with Crippen LogP contribution in [0.3, 0.4) is 0 Å². The highest BCUT2D eigenvalue weighted by atomic mass is 79.9. The van der Waals surface area contributed by atoms with E-state index in [1.165, 1.54) is 0 Å². The predicted octanol–water partition coefficient (Wildman–Crippen LogP) is 3.42. The summed E-state index contributed by atoms with van der Waals surface area (Å²) in [6, 6.07) is 9.53. The van der Waals surface area contributed by atoms with E-state index in [0.717, 1.165) is 27.3 Å². The molecule has 2 rings (SSSR count). The highest BCUT2D eigenvalue weighted by Crippen LogP contribution is 2.33. The number of carbonyl (C=O) groups is 1. The first-order chi connectivity index (χ1) is 7.27. The van der Waals surface area contributed by atoms with Crippen molar-refractivity contribution in [3.05, 3.63) is 40.4 Å². The SMILES string of the molecule is COc1cc(C=O)c(Br)c2ccccc12. The van der Waals surface area contributed by atoms with Gasteiger partial charge in [0.2, 0.25) is 0 Å². The third-order valence-electron chi connectivity index (χ3n) is 2.32. The molecule has 15 heavy (non-hydrogen) atoms. The molecule has 0 heterocycles. The van der Waals surface area contributed by atoms with Gasteiger partial charge in [0.25, 0.3) is 0 Å². The van der Waals surface area contributed by atoms with Crippen molar-refractivity contribution in [2.75, 3.05) is 7.11 Å². The Hall–Kier alpha value is -1.35. The minimum Gasteiger partial charge on any atom is -0.496 e. The molecule has 0 atom stereocenters. The zero-order valence-corrected chi connectivity index (χ0v) is 9.74. The van der Waals surface area contributed by atoms with Crippen LogP contribution < -0.4 is 4.74 Å². The Morgan fingerprint density at radius 1 is 1.27 bits per heavy atom. The molecule has 0 radical (unpaired) electrons. The van der Waals surface area contributed by atoms with Crippen molar-refractivity contribution in [2.24, 2.45) is 0 Å². The maximum atomic E-state index is 10.9. The molecule has 2 aromatic carbocycles. The maximum Gasteiger partial charge on any atom is 0.151 e. The van der Waals surface area contributed by atoms with Gasteiger partial charge in [-0.1, -0.05) is 24.3 Å². The van der Waals surface area contributed by atoms with Crippen LogP contribution in [0.25, 0.3) is 10.8 Å². The second-order valence-electron chi connectivity index (χ2n) is 3.15. The molecule has 0 fully saturated rings. The third-order valence-corrected chi connectivity index (χ3v) is 3.20. The number of hydrogen-bond acceptors (Lipinski definition) is 2. The van der Waals surface area contributed by atoms with Crippen molar-refractivity contribution in [1.29, 1.82) is 0 Å². The molecule has 2 aromatic rings. The minimum atomic E-state index is 0.602. The van der Waals surface area contributed by atoms with Crippen LogP contribution in [0.2, 0.25) is 0 Å². The molecule has 0 aromatic heterocycles. The van der Waals surface area contributed by atoms with Crippen molar-refractivity contribution in [3.63, 3.8) is 0 Å². The van der Waals surface area contributed by atoms with E-state index in [1.807, 2.05) is 24.3 Å². The van der Waals surface area contributed by atoms with Gasteiger partial charge in [-0.2, -0.15) is 0 Å². The Balaban J connectivity index is 2.89. The second-order valence-corrected chi connectivity index (χ2v) is 3.94. The summed E-state index contributed by atoms with van der Waals surface area (Å²) in [5.41, 5.74) is 0.602. The molecule has 0 spiro atoms. The van der Waals surface area contributed by atoms with Crippen LogP contribution in [0, 0.1) is 0 Å². The van der Waals surface area contributed by atoms with Crippen LogP contribution in [0.15, 0.2) is 34.8 Å². The summed E-state index contributed by atoms with van der Waals surface area (Å²) in [5.74, 6) is 0.718. The Kier molecular flexibility index (Phi) is 2.73. The number of fused-ring (bicyclic) bond motifs is 1. The highest BCUT2D eigenvalue weighted by molar-refractivity contribution is 9.10. The van der Waals surface area contributed by atoms with E-state index in [0.29, 0.717) is 5.56 Å². The van der Waals surface area contributed by atoms with E-state index in [-0.39, 0.29) is 0 Å². The van der Waals surface area contributed by atoms with Gasteiger partial charge in [0.15, 0.2) is 6.29 Å². The summed E-state index contributed by atoms with van der Waals surface area (Å²) >= 11 is 3.42. The highest BCUT2D eigenvalue weighted by Gasteiger charge is 2.09. The number of halogens is 1. The van der Waals surface area contributed by atoms with Gasteiger partial charge in [-0.05, 0) is 22.0 Å². The Morgan fingerprint density at radius 3 is 2.53 bits per heavy atom. The van der Waals surface area contributed by atoms with Crippen molar-refractivity contribution in [1.82, 2.24) is 0 Å². The fourth-order valence-corrected chi connectivity index (χ4v) is 2.14. The molecule has 2 nitrogen and oxygen atoms in total. The van der Waals surface area contributed by atoms with Crippen LogP contribution in [0.1, 0.15) is 10.4 Å². The van der Waals surface area contributed by atoms with Crippen LogP contribution in [0.5, 0.6) is 5.75 Å². The first kappa shape index (κ1) is 10.2. The zero-order valence-electron chi connectivity index (χ0n) is 8.16. The molecular weight excluding hydrogens is 256 g/mol. The van der Waals surface area contributed by atoms with Crippen molar-refractivity contribution in [2.45, 2.75) is 0 Å². The number of rotatable bonds is 2. The zero-order chi connectivity index (χ0) is 10.8. The van der Waals surface area contributed by atoms with Gasteiger partial charge >= 0.3 is 0 Å². The lowest BCUT2D eigenvalue weighted by atomic mass is 10.1. The Labute approximate surface area is 96.0 Å². The average molecular weight is 265 g/mol. The normalized spacial score (nSPS) is 10.3. The molecule has 76 valence electrons. The first-order valence-corrected chi connectivity index (χ1v) is 5.27. The molecule has 3 heteroatoms. The lowest BCUT2D eigenvalue weighted by molar-refractivity contribution is 0.112. The van der Waals surface area contributed by atoms with Crippen molar-refractivity contribution < 1.29 is 9.53 Å². The number of benzene rings is 2. The number of carbonyl (C=O) groups excluding carboxylic acids is 1. The average Bonchev–Trinajstić information content (AvgIpc) is 2.30. The van der Waals surface area contributed by atoms with Gasteiger partial charge in [-0.15, -0.1) is 0 Å². The minimum absolute atomic E-state index is 0.602. The van der Waals surface area contributed by atoms with E-state index < -0.39 is 0 Å². The lowest BCUT2D eigenvalue weighted by Gasteiger charge is -2.08. The molecule has 0 N–H and O–H groups in total. The van der Waals surface area contributed by atoms with Crippen LogP contribution in [-0.4, -0.2) is 13.4 Å². The first-order valence-electron chi connectivity index (χ1n) is 4.48. The lowest BCUT2D eigenvalue weighted by Crippen LogP contribution is -1.90. The standard InChI is InChI=1S/C12H9BrO2/c1-15-11-6-8(7-14)12(13)10-5-3-2-4-9(10)11/h2-7H,1H3. The van der Waals surface area contributed by atoms with Gasteiger partial charge in [0, 0.05) is 20.8 Å². The Morgan fingerprint density at radius 2 is 1.93 bits per heavy atom. The van der Waals surface area contributed by atoms with Crippen molar-refractivity contribution >= 4 is 33.0 Å². The smallest absolute Gasteiger partial charge is 0.151 e. The van der Waals surface area contributed by atoms with Gasteiger partial charge in [-0.3, -0.25) is 4.79 Å². The van der Waals surface area contributed by atoms with Crippen LogP contribution in [-0.2, 0) is 0 Å². The number of ether oxygens (including phenoxy) is 1. The molecule has 0 saturated heterocycles. The van der Waals surface area contributed by atoms with Gasteiger partial charge in [0.1, 0.15) is 5.75 Å². The predicted molar refractivity (Wildman–Crippen MR) is 63.6 cm³/mol. The quantitative estimate of drug-likeness (QED) is 0.777. The summed E-state index contributed by atoms with van der Waals surface area (Å²) in [4.78, 5) is 10.9. The fourth-order valence-electron chi connectivity index (χ4n) is 1.58. The summed E-state index contributed by atoms with van der Waals surface area (Å²) in [7, 11) is 1.60. The molecule has 0 amide bonds. The third kappa shape index (κ3) is 1.63. The molecule has 0 bridgehead atoms. The van der Waals surface area contributed by atoms with E-state index in [9.17, 15) is 4.79 Å². The molecule has 0 saturated carbocycles. The van der Waals surface area contributed by atoms with E-state index in [2.05, 4.69) is 15.9 Å². The summed E-state index contributed by atoms with van der Waals surface area (Å²) in [6.07, 6.45) is 0.818. The number of methoxy groups -OCH3 is 1. The Bertz CT molecular complexity index is 520. The van der Waals surface area contributed by atoms with Gasteiger partial charge < -0.3 is 4.74 Å². The fraction of sp³-hybridized carbons (Fsp3) is 0.0833. The van der Waals surface area contributed by atoms with Gasteiger partial charge in [0.05, 0.1) is 7.11 Å². The molecule has 0 aliphatic heterocycles.